The molecule has 4 N–H and O–H groups in total. The minimum Gasteiger partial charge on any atom is -0.409 e. The Balaban J connectivity index is 1.85. The van der Waals surface area contributed by atoms with E-state index in [0.29, 0.717) is 6.04 Å². The van der Waals surface area contributed by atoms with E-state index in [9.17, 15) is 0 Å². The molecule has 1 aromatic carbocycles. The molecule has 4 nitrogen and oxygen atoms in total. The highest BCUT2D eigenvalue weighted by Gasteiger charge is 2.23. The van der Waals surface area contributed by atoms with E-state index >= 15 is 0 Å². The molecule has 0 aromatic heterocycles. The van der Waals surface area contributed by atoms with Crippen molar-refractivity contribution in [2.75, 3.05) is 0 Å². The molecule has 1 aromatic rings. The zero-order valence-electron chi connectivity index (χ0n) is 12.3. The monoisotopic (exact) mass is 275 g/mol. The van der Waals surface area contributed by atoms with Crippen LogP contribution in [0.4, 0.5) is 0 Å². The standard InChI is InChI=1S/C16H25N3O/c1-11-3-8-15(9-12(11)2)18-10-13-4-6-14(7-5-13)16(17)19-20/h4-7,11-12,15,18,20H,3,8-10H2,1-2H3,(H2,17,19). The molecule has 4 heteroatoms. The molecule has 3 unspecified atom stereocenters. The maximum absolute atomic E-state index is 8.63. The molecule has 2 rings (SSSR count). The number of nitrogens with one attached hydrogen (secondary N) is 1. The molecule has 3 atom stereocenters. The van der Waals surface area contributed by atoms with Crippen LogP contribution in [0.25, 0.3) is 0 Å². The minimum absolute atomic E-state index is 0.152. The lowest BCUT2D eigenvalue weighted by Crippen LogP contribution is -2.35. The summed E-state index contributed by atoms with van der Waals surface area (Å²) in [7, 11) is 0. The van der Waals surface area contributed by atoms with Crippen molar-refractivity contribution in [1.82, 2.24) is 5.32 Å². The quantitative estimate of drug-likeness (QED) is 0.342. The van der Waals surface area contributed by atoms with Crippen molar-refractivity contribution in [1.29, 1.82) is 0 Å². The second-order valence-electron chi connectivity index (χ2n) is 6.03. The first kappa shape index (κ1) is 14.9. The molecule has 0 amide bonds. The number of nitrogens with zero attached hydrogens (tertiary/aromatic N) is 1. The van der Waals surface area contributed by atoms with Crippen LogP contribution in [0.3, 0.4) is 0 Å². The highest BCUT2D eigenvalue weighted by Crippen LogP contribution is 2.29. The summed E-state index contributed by atoms with van der Waals surface area (Å²) in [5, 5.41) is 15.3. The van der Waals surface area contributed by atoms with Crippen LogP contribution in [0.15, 0.2) is 29.4 Å². The van der Waals surface area contributed by atoms with Gasteiger partial charge in [0, 0.05) is 18.2 Å². The Hall–Kier alpha value is -1.55. The lowest BCUT2D eigenvalue weighted by atomic mass is 9.79. The molecule has 0 radical (unpaired) electrons. The van der Waals surface area contributed by atoms with E-state index in [1.807, 2.05) is 24.3 Å². The van der Waals surface area contributed by atoms with Gasteiger partial charge in [0.15, 0.2) is 5.84 Å². The van der Waals surface area contributed by atoms with Crippen molar-refractivity contribution >= 4 is 5.84 Å². The van der Waals surface area contributed by atoms with Crippen molar-refractivity contribution in [3.05, 3.63) is 35.4 Å². The molecule has 0 bridgehead atoms. The predicted octanol–water partition coefficient (Wildman–Crippen LogP) is 2.70. The SMILES string of the molecule is CC1CCC(NCc2ccc(C(N)=NO)cc2)CC1C. The van der Waals surface area contributed by atoms with Crippen LogP contribution in [-0.2, 0) is 6.54 Å². The highest BCUT2D eigenvalue weighted by molar-refractivity contribution is 5.96. The van der Waals surface area contributed by atoms with Crippen LogP contribution in [0, 0.1) is 11.8 Å². The van der Waals surface area contributed by atoms with Gasteiger partial charge in [-0.05, 0) is 36.7 Å². The average molecular weight is 275 g/mol. The lowest BCUT2D eigenvalue weighted by molar-refractivity contribution is 0.225. The molecule has 1 saturated carbocycles. The molecule has 0 aliphatic heterocycles. The van der Waals surface area contributed by atoms with Gasteiger partial charge in [0.1, 0.15) is 0 Å². The van der Waals surface area contributed by atoms with Crippen LogP contribution in [0.5, 0.6) is 0 Å². The van der Waals surface area contributed by atoms with Gasteiger partial charge in [-0.2, -0.15) is 0 Å². The topological polar surface area (TPSA) is 70.6 Å². The third-order valence-corrected chi connectivity index (χ3v) is 4.55. The Morgan fingerprint density at radius 2 is 1.95 bits per heavy atom. The maximum atomic E-state index is 8.63. The second-order valence-corrected chi connectivity index (χ2v) is 6.03. The molecule has 1 aliphatic rings. The number of oxime groups is 1. The van der Waals surface area contributed by atoms with Gasteiger partial charge in [-0.3, -0.25) is 0 Å². The minimum atomic E-state index is 0.152. The summed E-state index contributed by atoms with van der Waals surface area (Å²) in [6, 6.07) is 8.45. The summed E-state index contributed by atoms with van der Waals surface area (Å²) in [5.74, 6) is 1.82. The number of rotatable bonds is 4. The molecular formula is C16H25N3O. The van der Waals surface area contributed by atoms with E-state index in [1.165, 1.54) is 24.8 Å². The molecule has 1 aliphatic carbocycles. The summed E-state index contributed by atoms with van der Waals surface area (Å²) < 4.78 is 0. The predicted molar refractivity (Wildman–Crippen MR) is 81.8 cm³/mol. The van der Waals surface area contributed by atoms with Crippen LogP contribution >= 0.6 is 0 Å². The summed E-state index contributed by atoms with van der Waals surface area (Å²) in [5.41, 5.74) is 7.52. The Kier molecular flexibility index (Phi) is 5.01. The lowest BCUT2D eigenvalue weighted by Gasteiger charge is -2.32. The van der Waals surface area contributed by atoms with Crippen molar-refractivity contribution in [2.24, 2.45) is 22.7 Å². The normalized spacial score (nSPS) is 27.5. The van der Waals surface area contributed by atoms with Gasteiger partial charge in [-0.15, -0.1) is 0 Å². The van der Waals surface area contributed by atoms with Gasteiger partial charge in [0.05, 0.1) is 0 Å². The molecule has 0 saturated heterocycles. The Labute approximate surface area is 121 Å². The van der Waals surface area contributed by atoms with E-state index in [4.69, 9.17) is 10.9 Å². The van der Waals surface area contributed by atoms with Crippen molar-refractivity contribution in [2.45, 2.75) is 45.7 Å². The number of hydrogen-bond donors (Lipinski definition) is 3. The van der Waals surface area contributed by atoms with Crippen LogP contribution < -0.4 is 11.1 Å². The van der Waals surface area contributed by atoms with E-state index in [-0.39, 0.29) is 5.84 Å². The number of nitrogens with two attached hydrogens (primary N) is 1. The fraction of sp³-hybridized carbons (Fsp3) is 0.562. The van der Waals surface area contributed by atoms with Gasteiger partial charge in [0.2, 0.25) is 0 Å². The van der Waals surface area contributed by atoms with Gasteiger partial charge in [-0.25, -0.2) is 0 Å². The molecular weight excluding hydrogens is 250 g/mol. The van der Waals surface area contributed by atoms with Crippen molar-refractivity contribution in [3.8, 4) is 0 Å². The van der Waals surface area contributed by atoms with Gasteiger partial charge < -0.3 is 16.3 Å². The Bertz CT molecular complexity index is 455. The molecule has 20 heavy (non-hydrogen) atoms. The summed E-state index contributed by atoms with van der Waals surface area (Å²) in [6.45, 7) is 5.58. The van der Waals surface area contributed by atoms with E-state index in [2.05, 4.69) is 24.3 Å². The molecule has 1 fully saturated rings. The second kappa shape index (κ2) is 6.75. The molecule has 0 heterocycles. The van der Waals surface area contributed by atoms with Gasteiger partial charge in [-0.1, -0.05) is 43.3 Å². The highest BCUT2D eigenvalue weighted by atomic mass is 16.4. The first-order valence-corrected chi connectivity index (χ1v) is 7.40. The van der Waals surface area contributed by atoms with E-state index in [1.54, 1.807) is 0 Å². The van der Waals surface area contributed by atoms with Crippen LogP contribution in [0.2, 0.25) is 0 Å². The third-order valence-electron chi connectivity index (χ3n) is 4.55. The summed E-state index contributed by atoms with van der Waals surface area (Å²) in [4.78, 5) is 0. The smallest absolute Gasteiger partial charge is 0.170 e. The number of benzene rings is 1. The molecule has 0 spiro atoms. The largest absolute Gasteiger partial charge is 0.409 e. The van der Waals surface area contributed by atoms with Crippen molar-refractivity contribution < 1.29 is 5.21 Å². The Morgan fingerprint density at radius 3 is 2.55 bits per heavy atom. The fourth-order valence-corrected chi connectivity index (χ4v) is 2.85. The first-order chi connectivity index (χ1) is 9.60. The van der Waals surface area contributed by atoms with Gasteiger partial charge in [0.25, 0.3) is 0 Å². The maximum Gasteiger partial charge on any atom is 0.170 e. The van der Waals surface area contributed by atoms with E-state index < -0.39 is 0 Å². The van der Waals surface area contributed by atoms with Crippen LogP contribution in [0.1, 0.15) is 44.2 Å². The number of hydrogen-bond acceptors (Lipinski definition) is 3. The number of amidine groups is 1. The summed E-state index contributed by atoms with van der Waals surface area (Å²) in [6.07, 6.45) is 3.86. The fourth-order valence-electron chi connectivity index (χ4n) is 2.85. The van der Waals surface area contributed by atoms with Crippen molar-refractivity contribution in [3.63, 3.8) is 0 Å². The summed E-state index contributed by atoms with van der Waals surface area (Å²) >= 11 is 0. The van der Waals surface area contributed by atoms with Gasteiger partial charge >= 0.3 is 0 Å². The zero-order valence-corrected chi connectivity index (χ0v) is 12.3. The first-order valence-electron chi connectivity index (χ1n) is 7.40. The third kappa shape index (κ3) is 3.73. The average Bonchev–Trinajstić information content (AvgIpc) is 2.48. The Morgan fingerprint density at radius 1 is 1.25 bits per heavy atom. The van der Waals surface area contributed by atoms with Crippen LogP contribution in [-0.4, -0.2) is 17.1 Å². The zero-order chi connectivity index (χ0) is 14.5. The van der Waals surface area contributed by atoms with E-state index in [0.717, 1.165) is 23.9 Å². The molecule has 110 valence electrons.